The maximum absolute atomic E-state index is 11.9. The Morgan fingerprint density at radius 3 is 2.52 bits per heavy atom. The average Bonchev–Trinajstić information content (AvgIpc) is 2.44. The van der Waals surface area contributed by atoms with Crippen LogP contribution in [0.15, 0.2) is 24.3 Å². The summed E-state index contributed by atoms with van der Waals surface area (Å²) in [4.78, 5) is 22.6. The summed E-state index contributed by atoms with van der Waals surface area (Å²) in [5.74, 6) is -0.848. The van der Waals surface area contributed by atoms with Gasteiger partial charge in [0.1, 0.15) is 0 Å². The van der Waals surface area contributed by atoms with Crippen LogP contribution in [0.25, 0.3) is 0 Å². The maximum atomic E-state index is 11.9. The zero-order valence-corrected chi connectivity index (χ0v) is 12.9. The molecule has 0 radical (unpaired) electrons. The van der Waals surface area contributed by atoms with Crippen LogP contribution >= 0.6 is 0 Å². The molecule has 21 heavy (non-hydrogen) atoms. The number of urea groups is 1. The van der Waals surface area contributed by atoms with Gasteiger partial charge in [-0.3, -0.25) is 4.79 Å². The molecule has 5 nitrogen and oxygen atoms in total. The molecular formula is C16H24N2O3. The topological polar surface area (TPSA) is 78.4 Å². The van der Waals surface area contributed by atoms with Gasteiger partial charge in [-0.15, -0.1) is 0 Å². The average molecular weight is 292 g/mol. The number of hydrogen-bond acceptors (Lipinski definition) is 2. The highest BCUT2D eigenvalue weighted by Crippen LogP contribution is 2.19. The molecule has 0 aromatic heterocycles. The lowest BCUT2D eigenvalue weighted by atomic mass is 9.90. The van der Waals surface area contributed by atoms with Gasteiger partial charge in [0.2, 0.25) is 0 Å². The van der Waals surface area contributed by atoms with Crippen LogP contribution in [-0.4, -0.2) is 23.7 Å². The normalized spacial score (nSPS) is 11.0. The Labute approximate surface area is 125 Å². The number of hydrogen-bond donors (Lipinski definition) is 3. The molecule has 0 heterocycles. The van der Waals surface area contributed by atoms with E-state index in [-0.39, 0.29) is 17.9 Å². The largest absolute Gasteiger partial charge is 0.481 e. The van der Waals surface area contributed by atoms with Crippen LogP contribution in [0.5, 0.6) is 0 Å². The first-order valence-electron chi connectivity index (χ1n) is 7.18. The number of rotatable bonds is 7. The first-order chi connectivity index (χ1) is 9.84. The van der Waals surface area contributed by atoms with E-state index in [9.17, 15) is 9.59 Å². The Hall–Kier alpha value is -2.04. The number of para-hydroxylation sites is 1. The van der Waals surface area contributed by atoms with Crippen LogP contribution in [0.4, 0.5) is 10.5 Å². The number of carbonyl (C=O) groups is 2. The second kappa shape index (κ2) is 7.67. The number of nitrogens with one attached hydrogen (secondary N) is 2. The second-order valence-corrected chi connectivity index (χ2v) is 5.88. The fraction of sp³-hybridized carbons (Fsp3) is 0.500. The molecule has 0 unspecified atom stereocenters. The highest BCUT2D eigenvalue weighted by atomic mass is 16.4. The molecule has 0 bridgehead atoms. The van der Waals surface area contributed by atoms with Gasteiger partial charge in [0.05, 0.1) is 0 Å². The monoisotopic (exact) mass is 292 g/mol. The van der Waals surface area contributed by atoms with Gasteiger partial charge in [-0.25, -0.2) is 4.79 Å². The SMILES string of the molecule is CCC(C)(C)CNC(=O)Nc1ccccc1CCC(=O)O. The second-order valence-electron chi connectivity index (χ2n) is 5.88. The van der Waals surface area contributed by atoms with Crippen molar-refractivity contribution in [1.82, 2.24) is 5.32 Å². The van der Waals surface area contributed by atoms with Gasteiger partial charge < -0.3 is 15.7 Å². The van der Waals surface area contributed by atoms with E-state index in [4.69, 9.17) is 5.11 Å². The summed E-state index contributed by atoms with van der Waals surface area (Å²) >= 11 is 0. The van der Waals surface area contributed by atoms with Crippen molar-refractivity contribution in [2.24, 2.45) is 5.41 Å². The van der Waals surface area contributed by atoms with Crippen LogP contribution < -0.4 is 10.6 Å². The summed E-state index contributed by atoms with van der Waals surface area (Å²) in [6.07, 6.45) is 1.41. The van der Waals surface area contributed by atoms with Crippen molar-refractivity contribution in [2.45, 2.75) is 40.0 Å². The molecule has 0 aliphatic heterocycles. The number of benzene rings is 1. The molecule has 1 aromatic rings. The molecule has 0 aliphatic carbocycles. The van der Waals surface area contributed by atoms with Crippen molar-refractivity contribution in [3.05, 3.63) is 29.8 Å². The Morgan fingerprint density at radius 2 is 1.90 bits per heavy atom. The van der Waals surface area contributed by atoms with Crippen LogP contribution in [0.1, 0.15) is 39.2 Å². The van der Waals surface area contributed by atoms with Crippen LogP contribution in [-0.2, 0) is 11.2 Å². The predicted octanol–water partition coefficient (Wildman–Crippen LogP) is 3.26. The van der Waals surface area contributed by atoms with Gasteiger partial charge >= 0.3 is 12.0 Å². The molecule has 0 saturated heterocycles. The summed E-state index contributed by atoms with van der Waals surface area (Å²) in [5, 5.41) is 14.4. The smallest absolute Gasteiger partial charge is 0.319 e. The van der Waals surface area contributed by atoms with Gasteiger partial charge in [0.15, 0.2) is 0 Å². The minimum absolute atomic E-state index is 0.0448. The van der Waals surface area contributed by atoms with Crippen molar-refractivity contribution in [3.8, 4) is 0 Å². The van der Waals surface area contributed by atoms with E-state index in [2.05, 4.69) is 31.4 Å². The Morgan fingerprint density at radius 1 is 1.24 bits per heavy atom. The van der Waals surface area contributed by atoms with E-state index >= 15 is 0 Å². The molecule has 0 fully saturated rings. The minimum Gasteiger partial charge on any atom is -0.481 e. The summed E-state index contributed by atoms with van der Waals surface area (Å²) in [6, 6.07) is 6.99. The summed E-state index contributed by atoms with van der Waals surface area (Å²) < 4.78 is 0. The van der Waals surface area contributed by atoms with E-state index in [1.165, 1.54) is 0 Å². The van der Waals surface area contributed by atoms with Gasteiger partial charge in [-0.05, 0) is 29.9 Å². The van der Waals surface area contributed by atoms with Crippen LogP contribution in [0.2, 0.25) is 0 Å². The summed E-state index contributed by atoms with van der Waals surface area (Å²) in [7, 11) is 0. The minimum atomic E-state index is -0.848. The molecule has 5 heteroatoms. The third kappa shape index (κ3) is 6.29. The maximum Gasteiger partial charge on any atom is 0.319 e. The fourth-order valence-electron chi connectivity index (χ4n) is 1.71. The Kier molecular flexibility index (Phi) is 6.21. The molecule has 0 spiro atoms. The zero-order valence-electron chi connectivity index (χ0n) is 12.9. The predicted molar refractivity (Wildman–Crippen MR) is 83.5 cm³/mol. The van der Waals surface area contributed by atoms with E-state index in [1.54, 1.807) is 6.07 Å². The number of carboxylic acids is 1. The highest BCUT2D eigenvalue weighted by molar-refractivity contribution is 5.90. The lowest BCUT2D eigenvalue weighted by Gasteiger charge is -2.23. The van der Waals surface area contributed by atoms with Gasteiger partial charge in [0.25, 0.3) is 0 Å². The summed E-state index contributed by atoms with van der Waals surface area (Å²) in [5.41, 5.74) is 1.54. The van der Waals surface area contributed by atoms with Crippen molar-refractivity contribution in [1.29, 1.82) is 0 Å². The number of anilines is 1. The van der Waals surface area contributed by atoms with Crippen molar-refractivity contribution in [3.63, 3.8) is 0 Å². The first-order valence-corrected chi connectivity index (χ1v) is 7.18. The van der Waals surface area contributed by atoms with E-state index in [0.717, 1.165) is 12.0 Å². The summed E-state index contributed by atoms with van der Waals surface area (Å²) in [6.45, 7) is 6.86. The van der Waals surface area contributed by atoms with E-state index in [0.29, 0.717) is 18.7 Å². The van der Waals surface area contributed by atoms with Crippen molar-refractivity contribution >= 4 is 17.7 Å². The molecule has 3 N–H and O–H groups in total. The quantitative estimate of drug-likeness (QED) is 0.721. The molecule has 0 atom stereocenters. The molecule has 116 valence electrons. The number of carboxylic acid groups (broad SMARTS) is 1. The van der Waals surface area contributed by atoms with Gasteiger partial charge in [0, 0.05) is 18.7 Å². The molecule has 0 aliphatic rings. The van der Waals surface area contributed by atoms with Crippen LogP contribution in [0, 0.1) is 5.41 Å². The number of aliphatic carboxylic acids is 1. The third-order valence-corrected chi connectivity index (χ3v) is 3.56. The highest BCUT2D eigenvalue weighted by Gasteiger charge is 2.16. The van der Waals surface area contributed by atoms with Crippen molar-refractivity contribution < 1.29 is 14.7 Å². The first kappa shape index (κ1) is 17.0. The number of amides is 2. The molecule has 1 rings (SSSR count). The van der Waals surface area contributed by atoms with Gasteiger partial charge in [-0.2, -0.15) is 0 Å². The third-order valence-electron chi connectivity index (χ3n) is 3.56. The number of aryl methyl sites for hydroxylation is 1. The standard InChI is InChI=1S/C16H24N2O3/c1-4-16(2,3)11-17-15(21)18-13-8-6-5-7-12(13)9-10-14(19)20/h5-8H,4,9-11H2,1-3H3,(H,19,20)(H2,17,18,21). The lowest BCUT2D eigenvalue weighted by Crippen LogP contribution is -2.36. The fourth-order valence-corrected chi connectivity index (χ4v) is 1.71. The molecule has 1 aromatic carbocycles. The van der Waals surface area contributed by atoms with E-state index < -0.39 is 5.97 Å². The molecule has 2 amide bonds. The molecule has 0 saturated carbocycles. The lowest BCUT2D eigenvalue weighted by molar-refractivity contribution is -0.136. The molecular weight excluding hydrogens is 268 g/mol. The Balaban J connectivity index is 2.61. The van der Waals surface area contributed by atoms with Crippen molar-refractivity contribution in [2.75, 3.05) is 11.9 Å². The Bertz CT molecular complexity index is 498. The van der Waals surface area contributed by atoms with Gasteiger partial charge in [-0.1, -0.05) is 39.0 Å². The number of carbonyl (C=O) groups excluding carboxylic acids is 1. The zero-order chi connectivity index (χ0) is 15.9. The van der Waals surface area contributed by atoms with E-state index in [1.807, 2.05) is 18.2 Å². The van der Waals surface area contributed by atoms with Crippen LogP contribution in [0.3, 0.4) is 0 Å².